The number of fused-ring (bicyclic) bond motifs is 1. The van der Waals surface area contributed by atoms with Crippen LogP contribution in [-0.4, -0.2) is 46.1 Å². The molecule has 172 valence electrons. The molecule has 0 atom stereocenters. The van der Waals surface area contributed by atoms with Gasteiger partial charge in [0.05, 0.1) is 22.3 Å². The maximum atomic E-state index is 13.5. The van der Waals surface area contributed by atoms with Crippen LogP contribution in [0, 0.1) is 6.92 Å². The topological polar surface area (TPSA) is 100 Å². The number of nitrogens with one attached hydrogen (secondary N) is 2. The molecular formula is C26H25N5O3. The van der Waals surface area contributed by atoms with Crippen molar-refractivity contribution in [3.63, 3.8) is 0 Å². The summed E-state index contributed by atoms with van der Waals surface area (Å²) in [6.45, 7) is 2.90. The molecule has 1 aliphatic heterocycles. The predicted octanol–water partition coefficient (Wildman–Crippen LogP) is 4.62. The van der Waals surface area contributed by atoms with Crippen LogP contribution in [0.1, 0.15) is 28.9 Å². The fourth-order valence-electron chi connectivity index (χ4n) is 4.29. The van der Waals surface area contributed by atoms with Crippen molar-refractivity contribution in [1.82, 2.24) is 20.4 Å². The lowest BCUT2D eigenvalue weighted by Crippen LogP contribution is -2.47. The highest BCUT2D eigenvalue weighted by Crippen LogP contribution is 2.28. The summed E-state index contributed by atoms with van der Waals surface area (Å²) in [4.78, 5) is 32.3. The van der Waals surface area contributed by atoms with E-state index in [0.717, 1.165) is 11.3 Å². The number of piperidine rings is 1. The van der Waals surface area contributed by atoms with E-state index >= 15 is 0 Å². The third kappa shape index (κ3) is 4.47. The number of nitrogens with zero attached hydrogens (tertiary/aromatic N) is 3. The van der Waals surface area contributed by atoms with Gasteiger partial charge in [-0.3, -0.25) is 4.79 Å². The molecule has 2 N–H and O–H groups in total. The Labute approximate surface area is 197 Å². The standard InChI is InChI=1S/C26H25N5O3/c1-17-23-21(16-22(29-24(23)34-30-17)18-8-4-2-5-9-18)25(32)31-14-12-20(13-15-31)28-26(33)27-19-10-6-3-7-11-19/h2-11,16,20H,12-15H2,1H3,(H2,27,28,33). The predicted molar refractivity (Wildman–Crippen MR) is 129 cm³/mol. The van der Waals surface area contributed by atoms with Gasteiger partial charge in [-0.15, -0.1) is 0 Å². The van der Waals surface area contributed by atoms with Crippen molar-refractivity contribution in [3.05, 3.63) is 78.0 Å². The summed E-state index contributed by atoms with van der Waals surface area (Å²) >= 11 is 0. The third-order valence-electron chi connectivity index (χ3n) is 6.07. The summed E-state index contributed by atoms with van der Waals surface area (Å²) in [6.07, 6.45) is 1.35. The second-order valence-corrected chi connectivity index (χ2v) is 8.40. The lowest BCUT2D eigenvalue weighted by Gasteiger charge is -2.32. The fourth-order valence-corrected chi connectivity index (χ4v) is 4.29. The van der Waals surface area contributed by atoms with Crippen molar-refractivity contribution in [1.29, 1.82) is 0 Å². The molecule has 4 aromatic rings. The molecule has 0 spiro atoms. The maximum Gasteiger partial charge on any atom is 0.319 e. The van der Waals surface area contributed by atoms with Crippen LogP contribution in [-0.2, 0) is 0 Å². The molecule has 8 nitrogen and oxygen atoms in total. The second kappa shape index (κ2) is 9.35. The van der Waals surface area contributed by atoms with Crippen molar-refractivity contribution in [3.8, 4) is 11.3 Å². The van der Waals surface area contributed by atoms with E-state index in [1.165, 1.54) is 0 Å². The smallest absolute Gasteiger partial charge is 0.319 e. The van der Waals surface area contributed by atoms with E-state index in [1.54, 1.807) is 0 Å². The molecule has 3 amide bonds. The number of hydrogen-bond acceptors (Lipinski definition) is 5. The SMILES string of the molecule is Cc1noc2nc(-c3ccccc3)cc(C(=O)N3CCC(NC(=O)Nc4ccccc4)CC3)c12. The normalized spacial score (nSPS) is 14.2. The van der Waals surface area contributed by atoms with Gasteiger partial charge in [0.2, 0.25) is 0 Å². The fraction of sp³-hybridized carbons (Fsp3) is 0.231. The van der Waals surface area contributed by atoms with Crippen LogP contribution < -0.4 is 10.6 Å². The maximum absolute atomic E-state index is 13.5. The molecule has 34 heavy (non-hydrogen) atoms. The number of hydrogen-bond donors (Lipinski definition) is 2. The highest BCUT2D eigenvalue weighted by Gasteiger charge is 2.28. The summed E-state index contributed by atoms with van der Waals surface area (Å²) in [7, 11) is 0. The van der Waals surface area contributed by atoms with E-state index in [-0.39, 0.29) is 18.0 Å². The van der Waals surface area contributed by atoms with Crippen LogP contribution in [0.3, 0.4) is 0 Å². The number of urea groups is 1. The molecule has 5 rings (SSSR count). The van der Waals surface area contributed by atoms with E-state index in [2.05, 4.69) is 20.8 Å². The lowest BCUT2D eigenvalue weighted by atomic mass is 10.0. The number of pyridine rings is 1. The summed E-state index contributed by atoms with van der Waals surface area (Å²) in [5, 5.41) is 10.5. The third-order valence-corrected chi connectivity index (χ3v) is 6.07. The number of anilines is 1. The summed E-state index contributed by atoms with van der Waals surface area (Å²) in [5.74, 6) is -0.0805. The Balaban J connectivity index is 1.29. The molecule has 2 aromatic carbocycles. The van der Waals surface area contributed by atoms with Crippen LogP contribution >= 0.6 is 0 Å². The molecule has 1 aliphatic rings. The molecule has 1 fully saturated rings. The van der Waals surface area contributed by atoms with Gasteiger partial charge in [-0.2, -0.15) is 0 Å². The van der Waals surface area contributed by atoms with E-state index < -0.39 is 0 Å². The Bertz CT molecular complexity index is 1310. The molecule has 1 saturated heterocycles. The molecule has 3 heterocycles. The number of carbonyl (C=O) groups excluding carboxylic acids is 2. The molecular weight excluding hydrogens is 430 g/mol. The highest BCUT2D eigenvalue weighted by molar-refractivity contribution is 6.07. The Morgan fingerprint density at radius 3 is 2.38 bits per heavy atom. The van der Waals surface area contributed by atoms with E-state index in [4.69, 9.17) is 4.52 Å². The van der Waals surface area contributed by atoms with Crippen LogP contribution in [0.2, 0.25) is 0 Å². The minimum absolute atomic E-state index is 0.00225. The van der Waals surface area contributed by atoms with Crippen molar-refractivity contribution < 1.29 is 14.1 Å². The number of likely N-dealkylation sites (tertiary alicyclic amines) is 1. The first kappa shape index (κ1) is 21.6. The minimum atomic E-state index is -0.237. The zero-order valence-corrected chi connectivity index (χ0v) is 18.8. The van der Waals surface area contributed by atoms with Crippen molar-refractivity contribution in [2.45, 2.75) is 25.8 Å². The second-order valence-electron chi connectivity index (χ2n) is 8.40. The van der Waals surface area contributed by atoms with Crippen molar-refractivity contribution in [2.24, 2.45) is 0 Å². The van der Waals surface area contributed by atoms with Gasteiger partial charge in [0.25, 0.3) is 11.6 Å². The summed E-state index contributed by atoms with van der Waals surface area (Å²) in [5.41, 5.74) is 3.85. The highest BCUT2D eigenvalue weighted by atomic mass is 16.5. The van der Waals surface area contributed by atoms with Crippen molar-refractivity contribution in [2.75, 3.05) is 18.4 Å². The Kier molecular flexibility index (Phi) is 5.95. The Morgan fingerprint density at radius 1 is 1.00 bits per heavy atom. The monoisotopic (exact) mass is 455 g/mol. The Hall–Kier alpha value is -4.20. The van der Waals surface area contributed by atoms with Crippen LogP contribution in [0.25, 0.3) is 22.4 Å². The molecule has 0 bridgehead atoms. The molecule has 2 aromatic heterocycles. The molecule has 0 aliphatic carbocycles. The number of rotatable bonds is 4. The first-order valence-electron chi connectivity index (χ1n) is 11.3. The van der Waals surface area contributed by atoms with Gasteiger partial charge in [-0.25, -0.2) is 9.78 Å². The largest absolute Gasteiger partial charge is 0.338 e. The van der Waals surface area contributed by atoms with Gasteiger partial charge in [-0.1, -0.05) is 53.7 Å². The lowest BCUT2D eigenvalue weighted by molar-refractivity contribution is 0.0710. The first-order valence-corrected chi connectivity index (χ1v) is 11.3. The van der Waals surface area contributed by atoms with Gasteiger partial charge >= 0.3 is 6.03 Å². The van der Waals surface area contributed by atoms with Gasteiger partial charge < -0.3 is 20.1 Å². The van der Waals surface area contributed by atoms with Crippen LogP contribution in [0.15, 0.2) is 71.3 Å². The van der Waals surface area contributed by atoms with Gasteiger partial charge in [0.1, 0.15) is 0 Å². The van der Waals surface area contributed by atoms with Gasteiger partial charge in [0.15, 0.2) is 0 Å². The first-order chi connectivity index (χ1) is 16.6. The molecule has 0 unspecified atom stereocenters. The minimum Gasteiger partial charge on any atom is -0.338 e. The average Bonchev–Trinajstić information content (AvgIpc) is 3.25. The Morgan fingerprint density at radius 2 is 1.68 bits per heavy atom. The number of benzene rings is 2. The zero-order valence-electron chi connectivity index (χ0n) is 18.8. The van der Waals surface area contributed by atoms with Crippen molar-refractivity contribution >= 4 is 28.7 Å². The van der Waals surface area contributed by atoms with E-state index in [0.29, 0.717) is 54.0 Å². The molecule has 0 saturated carbocycles. The number of amides is 3. The van der Waals surface area contributed by atoms with Crippen LogP contribution in [0.5, 0.6) is 0 Å². The van der Waals surface area contributed by atoms with Gasteiger partial charge in [0, 0.05) is 30.4 Å². The zero-order chi connectivity index (χ0) is 23.5. The number of para-hydroxylation sites is 1. The quantitative estimate of drug-likeness (QED) is 0.468. The number of aromatic nitrogens is 2. The van der Waals surface area contributed by atoms with E-state index in [1.807, 2.05) is 78.6 Å². The van der Waals surface area contributed by atoms with Gasteiger partial charge in [-0.05, 0) is 38.0 Å². The molecule has 8 heteroatoms. The molecule has 0 radical (unpaired) electrons. The van der Waals surface area contributed by atoms with Crippen LogP contribution in [0.4, 0.5) is 10.5 Å². The summed E-state index contributed by atoms with van der Waals surface area (Å²) < 4.78 is 5.41. The number of aryl methyl sites for hydroxylation is 1. The summed E-state index contributed by atoms with van der Waals surface area (Å²) in [6, 6.07) is 20.6. The van der Waals surface area contributed by atoms with E-state index in [9.17, 15) is 9.59 Å². The average molecular weight is 456 g/mol. The number of carbonyl (C=O) groups is 2.